The van der Waals surface area contributed by atoms with Crippen LogP contribution in [0.2, 0.25) is 0 Å². The first kappa shape index (κ1) is 32.3. The van der Waals surface area contributed by atoms with E-state index in [-0.39, 0.29) is 121 Å². The topological polar surface area (TPSA) is 133 Å². The molecule has 0 spiro atoms. The number of benzene rings is 3. The number of carboxylic acid groups (broad SMARTS) is 1. The summed E-state index contributed by atoms with van der Waals surface area (Å²) in [4.78, 5) is 26.5. The summed E-state index contributed by atoms with van der Waals surface area (Å²) < 4.78 is 7.50. The van der Waals surface area contributed by atoms with E-state index >= 15 is 0 Å². The van der Waals surface area contributed by atoms with Gasteiger partial charge in [-0.2, -0.15) is 0 Å². The second-order valence-electron chi connectivity index (χ2n) is 8.40. The van der Waals surface area contributed by atoms with Crippen molar-refractivity contribution in [2.24, 2.45) is 4.99 Å². The van der Waals surface area contributed by atoms with Gasteiger partial charge in [0.2, 0.25) is 0 Å². The standard InChI is InChI=1S/C27H22N4O5S.2K/c32-25-24(37-27(35)28-25)13-17-7-11-21(12-8-17)36-16-20-15-31(30-29-20)14-18-5-9-19(10-6-18)22-3-1-2-4-23(22)26(33)34;;/h1-12,15,24H,13-14,16H2,(H,33,34)(H,28,32,35);;/q;2*+1/p-2. The van der Waals surface area contributed by atoms with E-state index in [0.717, 1.165) is 28.5 Å². The summed E-state index contributed by atoms with van der Waals surface area (Å²) in [7, 11) is 0. The van der Waals surface area contributed by atoms with E-state index in [2.05, 4.69) is 15.3 Å². The van der Waals surface area contributed by atoms with Crippen molar-refractivity contribution < 1.29 is 127 Å². The van der Waals surface area contributed by atoms with Crippen LogP contribution in [0.15, 0.2) is 84.0 Å². The molecule has 5 rings (SSSR count). The van der Waals surface area contributed by atoms with Gasteiger partial charge in [-0.3, -0.25) is 4.79 Å². The van der Waals surface area contributed by atoms with Crippen LogP contribution >= 0.6 is 11.8 Å². The third kappa shape index (κ3) is 8.66. The second-order valence-corrected chi connectivity index (χ2v) is 9.55. The first-order valence-corrected chi connectivity index (χ1v) is 12.3. The van der Waals surface area contributed by atoms with Gasteiger partial charge in [0.05, 0.1) is 24.0 Å². The van der Waals surface area contributed by atoms with E-state index in [1.807, 2.05) is 48.5 Å². The molecule has 0 saturated carbocycles. The minimum atomic E-state index is -1.21. The van der Waals surface area contributed by atoms with Gasteiger partial charge in [0.1, 0.15) is 18.1 Å². The SMILES string of the molecule is O=C([O-])c1ccccc1-c1ccc(Cn2cc(COc3ccc(CC4SC([O-])=NC4=O)cc3)nn2)cc1.[K+].[K+]. The molecular weight excluding hydrogens is 571 g/mol. The summed E-state index contributed by atoms with van der Waals surface area (Å²) in [6.45, 7) is 0.736. The maximum Gasteiger partial charge on any atom is 1.00 e. The van der Waals surface area contributed by atoms with E-state index in [0.29, 0.717) is 30.0 Å². The number of aliphatic imine (C=N–C) groups is 1. The Kier molecular flexibility index (Phi) is 12.6. The Labute approximate surface area is 314 Å². The molecule has 2 heterocycles. The van der Waals surface area contributed by atoms with E-state index < -0.39 is 16.4 Å². The number of hydrogen-bond acceptors (Lipinski definition) is 8. The molecule has 186 valence electrons. The van der Waals surface area contributed by atoms with Crippen LogP contribution in [0.1, 0.15) is 27.2 Å². The predicted octanol–water partition coefficient (Wildman–Crippen LogP) is -4.16. The fourth-order valence-corrected chi connectivity index (χ4v) is 4.77. The Morgan fingerprint density at radius 3 is 2.33 bits per heavy atom. The molecular formula is C27H20K2N4O5S. The fourth-order valence-electron chi connectivity index (χ4n) is 3.95. The molecule has 4 aromatic rings. The summed E-state index contributed by atoms with van der Waals surface area (Å²) in [5, 5.41) is 30.1. The molecule has 0 N–H and O–H groups in total. The molecule has 1 aliphatic heterocycles. The van der Waals surface area contributed by atoms with Crippen molar-refractivity contribution in [2.75, 3.05) is 0 Å². The van der Waals surface area contributed by atoms with Gasteiger partial charge in [-0.05, 0) is 40.8 Å². The molecule has 0 saturated heterocycles. The number of carbonyl (C=O) groups is 2. The van der Waals surface area contributed by atoms with Crippen molar-refractivity contribution in [1.29, 1.82) is 0 Å². The predicted molar refractivity (Wildman–Crippen MR) is 134 cm³/mol. The Morgan fingerprint density at radius 2 is 1.67 bits per heavy atom. The van der Waals surface area contributed by atoms with Crippen LogP contribution < -0.4 is 118 Å². The maximum absolute atomic E-state index is 11.7. The molecule has 1 aliphatic rings. The van der Waals surface area contributed by atoms with Gasteiger partial charge in [-0.25, -0.2) is 9.67 Å². The van der Waals surface area contributed by atoms with E-state index in [9.17, 15) is 19.8 Å². The van der Waals surface area contributed by atoms with Crippen molar-refractivity contribution in [2.45, 2.75) is 24.8 Å². The average molecular weight is 591 g/mol. The van der Waals surface area contributed by atoms with E-state index in [1.54, 1.807) is 29.1 Å². The van der Waals surface area contributed by atoms with Crippen molar-refractivity contribution in [3.8, 4) is 16.9 Å². The molecule has 1 unspecified atom stereocenters. The second kappa shape index (κ2) is 15.2. The summed E-state index contributed by atoms with van der Waals surface area (Å²) in [6, 6.07) is 21.7. The van der Waals surface area contributed by atoms with Gasteiger partial charge in [0.15, 0.2) is 0 Å². The Bertz CT molecular complexity index is 1480. The number of ether oxygens (including phenoxy) is 1. The number of carboxylic acids is 1. The zero-order valence-electron chi connectivity index (χ0n) is 21.4. The van der Waals surface area contributed by atoms with Crippen molar-refractivity contribution in [3.05, 3.63) is 101 Å². The fraction of sp³-hybridized carbons (Fsp3) is 0.148. The molecule has 0 fully saturated rings. The number of hydrogen-bond donors (Lipinski definition) is 0. The van der Waals surface area contributed by atoms with Gasteiger partial charge < -0.3 is 19.7 Å². The van der Waals surface area contributed by atoms with Crippen LogP contribution in [-0.4, -0.2) is 37.4 Å². The number of carbonyl (C=O) groups excluding carboxylic acids is 2. The molecule has 1 atom stereocenters. The monoisotopic (exact) mass is 590 g/mol. The number of nitrogens with zero attached hydrogens (tertiary/aromatic N) is 4. The molecule has 39 heavy (non-hydrogen) atoms. The zero-order chi connectivity index (χ0) is 25.8. The smallest absolute Gasteiger partial charge is 0.854 e. The number of thioether (sulfide) groups is 1. The number of amides is 1. The number of aromatic nitrogens is 3. The summed E-state index contributed by atoms with van der Waals surface area (Å²) in [5.41, 5.74) is 4.12. The van der Waals surface area contributed by atoms with E-state index in [4.69, 9.17) is 4.74 Å². The maximum atomic E-state index is 11.7. The minimum absolute atomic E-state index is 0. The molecule has 1 amide bonds. The molecule has 3 aromatic carbocycles. The van der Waals surface area contributed by atoms with Crippen LogP contribution in [0.25, 0.3) is 11.1 Å². The van der Waals surface area contributed by atoms with Gasteiger partial charge >= 0.3 is 103 Å². The normalized spacial score (nSPS) is 14.2. The Hall–Kier alpha value is -1.17. The minimum Gasteiger partial charge on any atom is -0.854 e. The molecule has 0 radical (unpaired) electrons. The molecule has 0 aliphatic carbocycles. The van der Waals surface area contributed by atoms with E-state index in [1.165, 1.54) is 6.07 Å². The summed E-state index contributed by atoms with van der Waals surface area (Å²) >= 11 is 0.957. The van der Waals surface area contributed by atoms with Gasteiger partial charge in [0.25, 0.3) is 5.91 Å². The van der Waals surface area contributed by atoms with Crippen LogP contribution in [0.4, 0.5) is 0 Å². The third-order valence-corrected chi connectivity index (χ3v) is 6.74. The number of rotatable bonds is 9. The largest absolute Gasteiger partial charge is 1.00 e. The molecule has 12 heteroatoms. The summed E-state index contributed by atoms with van der Waals surface area (Å²) in [5.74, 6) is -0.936. The van der Waals surface area contributed by atoms with Crippen LogP contribution in [0.5, 0.6) is 5.75 Å². The van der Waals surface area contributed by atoms with Gasteiger partial charge in [0, 0.05) is 10.8 Å². The number of aromatic carboxylic acids is 1. The molecule has 9 nitrogen and oxygen atoms in total. The first-order valence-electron chi connectivity index (χ1n) is 11.4. The van der Waals surface area contributed by atoms with Crippen molar-refractivity contribution >= 4 is 28.9 Å². The Balaban J connectivity index is 0.00000210. The quantitative estimate of drug-likeness (QED) is 0.180. The summed E-state index contributed by atoms with van der Waals surface area (Å²) in [6.07, 6.45) is 2.24. The first-order chi connectivity index (χ1) is 17.9. The molecule has 0 bridgehead atoms. The van der Waals surface area contributed by atoms with Crippen LogP contribution in [0.3, 0.4) is 0 Å². The van der Waals surface area contributed by atoms with Crippen LogP contribution in [-0.2, 0) is 24.4 Å². The van der Waals surface area contributed by atoms with Crippen LogP contribution in [0, 0.1) is 0 Å². The Morgan fingerprint density at radius 1 is 0.974 bits per heavy atom. The van der Waals surface area contributed by atoms with Crippen molar-refractivity contribution in [3.63, 3.8) is 0 Å². The van der Waals surface area contributed by atoms with Gasteiger partial charge in [-0.1, -0.05) is 65.9 Å². The van der Waals surface area contributed by atoms with Crippen molar-refractivity contribution in [1.82, 2.24) is 15.0 Å². The third-order valence-electron chi connectivity index (χ3n) is 5.79. The zero-order valence-corrected chi connectivity index (χ0v) is 28.5. The molecule has 1 aromatic heterocycles. The average Bonchev–Trinajstić information content (AvgIpc) is 3.48. The van der Waals surface area contributed by atoms with Gasteiger partial charge in [-0.15, -0.1) is 16.9 Å².